The van der Waals surface area contributed by atoms with Crippen LogP contribution in [-0.4, -0.2) is 19.8 Å². The zero-order chi connectivity index (χ0) is 14.5. The molecule has 1 unspecified atom stereocenters. The molecule has 21 heavy (non-hydrogen) atoms. The van der Waals surface area contributed by atoms with Gasteiger partial charge in [-0.05, 0) is 29.1 Å². The summed E-state index contributed by atoms with van der Waals surface area (Å²) in [6, 6.07) is 10.4. The summed E-state index contributed by atoms with van der Waals surface area (Å²) >= 11 is 1.75. The van der Waals surface area contributed by atoms with Crippen LogP contribution in [0.25, 0.3) is 0 Å². The third-order valence-corrected chi connectivity index (χ3v) is 4.39. The van der Waals surface area contributed by atoms with E-state index in [2.05, 4.69) is 28.9 Å². The minimum atomic E-state index is 0.115. The van der Waals surface area contributed by atoms with Gasteiger partial charge in [-0.25, -0.2) is 0 Å². The van der Waals surface area contributed by atoms with Crippen molar-refractivity contribution in [2.75, 3.05) is 19.8 Å². The minimum absolute atomic E-state index is 0.115. The third kappa shape index (κ3) is 3.56. The Balaban J connectivity index is 1.72. The highest BCUT2D eigenvalue weighted by Gasteiger charge is 2.15. The highest BCUT2D eigenvalue weighted by Crippen LogP contribution is 2.32. The maximum atomic E-state index is 5.92. The fraction of sp³-hybridized carbons (Fsp3) is 0.375. The van der Waals surface area contributed by atoms with Crippen LogP contribution in [0, 0.1) is 0 Å². The van der Waals surface area contributed by atoms with Crippen LogP contribution >= 0.6 is 11.3 Å². The van der Waals surface area contributed by atoms with Crippen molar-refractivity contribution in [2.24, 2.45) is 5.73 Å². The second kappa shape index (κ2) is 6.93. The molecule has 5 heteroatoms. The van der Waals surface area contributed by atoms with E-state index in [1.54, 1.807) is 11.3 Å². The van der Waals surface area contributed by atoms with Crippen molar-refractivity contribution in [3.8, 4) is 11.5 Å². The summed E-state index contributed by atoms with van der Waals surface area (Å²) in [7, 11) is 0. The zero-order valence-corrected chi connectivity index (χ0v) is 12.7. The molecule has 4 nitrogen and oxygen atoms in total. The molecule has 0 saturated heterocycles. The van der Waals surface area contributed by atoms with E-state index in [0.29, 0.717) is 19.8 Å². The van der Waals surface area contributed by atoms with Crippen molar-refractivity contribution in [3.05, 3.63) is 46.2 Å². The van der Waals surface area contributed by atoms with Gasteiger partial charge in [0.15, 0.2) is 11.5 Å². The van der Waals surface area contributed by atoms with Crippen LogP contribution in [0.1, 0.15) is 22.9 Å². The summed E-state index contributed by atoms with van der Waals surface area (Å²) in [6.07, 6.45) is 0.918. The summed E-state index contributed by atoms with van der Waals surface area (Å²) in [5.41, 5.74) is 7.06. The molecule has 0 aliphatic carbocycles. The van der Waals surface area contributed by atoms with E-state index >= 15 is 0 Å². The molecule has 2 heterocycles. The number of rotatable bonds is 5. The van der Waals surface area contributed by atoms with Gasteiger partial charge in [-0.2, -0.15) is 0 Å². The quantitative estimate of drug-likeness (QED) is 0.892. The highest BCUT2D eigenvalue weighted by atomic mass is 32.1. The molecule has 1 aromatic heterocycles. The number of ether oxygens (including phenoxy) is 2. The van der Waals surface area contributed by atoms with Gasteiger partial charge in [0.25, 0.3) is 0 Å². The number of benzene rings is 1. The third-order valence-electron chi connectivity index (χ3n) is 3.51. The summed E-state index contributed by atoms with van der Waals surface area (Å²) in [4.78, 5) is 1.31. The van der Waals surface area contributed by atoms with Gasteiger partial charge in [-0.3, -0.25) is 0 Å². The molecule has 0 saturated carbocycles. The molecule has 0 spiro atoms. The van der Waals surface area contributed by atoms with E-state index in [0.717, 1.165) is 30.0 Å². The molecule has 0 radical (unpaired) electrons. The van der Waals surface area contributed by atoms with Gasteiger partial charge in [0.1, 0.15) is 0 Å². The standard InChI is InChI=1S/C16H20N2O2S/c17-10-14(18-11-13-3-1-8-21-13)12-4-5-15-16(9-12)20-7-2-6-19-15/h1,3-5,8-9,14,18H,2,6-7,10-11,17H2. The highest BCUT2D eigenvalue weighted by molar-refractivity contribution is 7.09. The molecule has 0 bridgehead atoms. The largest absolute Gasteiger partial charge is 0.490 e. The predicted molar refractivity (Wildman–Crippen MR) is 85.0 cm³/mol. The predicted octanol–water partition coefficient (Wildman–Crippen LogP) is 2.70. The van der Waals surface area contributed by atoms with Crippen LogP contribution in [0.3, 0.4) is 0 Å². The van der Waals surface area contributed by atoms with Crippen molar-refractivity contribution in [2.45, 2.75) is 19.0 Å². The van der Waals surface area contributed by atoms with Gasteiger partial charge in [0.05, 0.1) is 13.2 Å². The van der Waals surface area contributed by atoms with E-state index in [9.17, 15) is 0 Å². The summed E-state index contributed by atoms with van der Waals surface area (Å²) in [5.74, 6) is 1.65. The second-order valence-corrected chi connectivity index (χ2v) is 6.04. The van der Waals surface area contributed by atoms with Crippen molar-refractivity contribution in [1.29, 1.82) is 0 Å². The monoisotopic (exact) mass is 304 g/mol. The number of nitrogens with two attached hydrogens (primary N) is 1. The van der Waals surface area contributed by atoms with Gasteiger partial charge in [0.2, 0.25) is 0 Å². The molecule has 1 aliphatic heterocycles. The molecular formula is C16H20N2O2S. The first-order chi connectivity index (χ1) is 10.4. The SMILES string of the molecule is NCC(NCc1cccs1)c1ccc2c(c1)OCCCO2. The Kier molecular flexibility index (Phi) is 4.75. The van der Waals surface area contributed by atoms with Crippen molar-refractivity contribution in [1.82, 2.24) is 5.32 Å². The Morgan fingerprint density at radius 2 is 2.05 bits per heavy atom. The number of hydrogen-bond donors (Lipinski definition) is 2. The molecule has 0 amide bonds. The van der Waals surface area contributed by atoms with Crippen LogP contribution in [0.5, 0.6) is 11.5 Å². The normalized spacial score (nSPS) is 15.5. The van der Waals surface area contributed by atoms with Gasteiger partial charge in [-0.1, -0.05) is 12.1 Å². The molecule has 2 aromatic rings. The lowest BCUT2D eigenvalue weighted by Gasteiger charge is -2.18. The van der Waals surface area contributed by atoms with Gasteiger partial charge >= 0.3 is 0 Å². The average Bonchev–Trinajstić information content (AvgIpc) is 2.92. The van der Waals surface area contributed by atoms with Crippen LogP contribution in [0.4, 0.5) is 0 Å². The van der Waals surface area contributed by atoms with E-state index < -0.39 is 0 Å². The Morgan fingerprint density at radius 1 is 1.19 bits per heavy atom. The summed E-state index contributed by atoms with van der Waals surface area (Å²) in [6.45, 7) is 2.79. The fourth-order valence-corrected chi connectivity index (χ4v) is 3.03. The topological polar surface area (TPSA) is 56.5 Å². The molecule has 0 fully saturated rings. The first kappa shape index (κ1) is 14.4. The number of thiophene rings is 1. The van der Waals surface area contributed by atoms with Crippen LogP contribution in [0.15, 0.2) is 35.7 Å². The molecule has 1 atom stereocenters. The minimum Gasteiger partial charge on any atom is -0.490 e. The van der Waals surface area contributed by atoms with E-state index in [1.807, 2.05) is 12.1 Å². The van der Waals surface area contributed by atoms with Crippen molar-refractivity contribution in [3.63, 3.8) is 0 Å². The second-order valence-electron chi connectivity index (χ2n) is 5.01. The van der Waals surface area contributed by atoms with Crippen molar-refractivity contribution < 1.29 is 9.47 Å². The Labute approximate surface area is 128 Å². The maximum Gasteiger partial charge on any atom is 0.161 e. The van der Waals surface area contributed by atoms with Crippen LogP contribution in [-0.2, 0) is 6.54 Å². The molecule has 3 N–H and O–H groups in total. The number of hydrogen-bond acceptors (Lipinski definition) is 5. The first-order valence-corrected chi connectivity index (χ1v) is 8.10. The molecule has 1 aliphatic rings. The molecule has 3 rings (SSSR count). The molecule has 1 aromatic carbocycles. The lowest BCUT2D eigenvalue weighted by atomic mass is 10.1. The Bertz CT molecular complexity index is 572. The van der Waals surface area contributed by atoms with Gasteiger partial charge in [-0.15, -0.1) is 11.3 Å². The van der Waals surface area contributed by atoms with Gasteiger partial charge in [0, 0.05) is 30.4 Å². The molecule has 112 valence electrons. The first-order valence-electron chi connectivity index (χ1n) is 7.22. The average molecular weight is 304 g/mol. The Hall–Kier alpha value is -1.56. The zero-order valence-electron chi connectivity index (χ0n) is 11.9. The fourth-order valence-electron chi connectivity index (χ4n) is 2.37. The number of fused-ring (bicyclic) bond motifs is 1. The van der Waals surface area contributed by atoms with Crippen molar-refractivity contribution >= 4 is 11.3 Å². The van der Waals surface area contributed by atoms with Crippen LogP contribution in [0.2, 0.25) is 0 Å². The molecular weight excluding hydrogens is 284 g/mol. The Morgan fingerprint density at radius 3 is 2.81 bits per heavy atom. The summed E-state index contributed by atoms with van der Waals surface area (Å²) < 4.78 is 11.4. The van der Waals surface area contributed by atoms with E-state index in [-0.39, 0.29) is 6.04 Å². The van der Waals surface area contributed by atoms with E-state index in [1.165, 1.54) is 4.88 Å². The van der Waals surface area contributed by atoms with E-state index in [4.69, 9.17) is 15.2 Å². The lowest BCUT2D eigenvalue weighted by molar-refractivity contribution is 0.297. The number of nitrogens with one attached hydrogen (secondary N) is 1. The van der Waals surface area contributed by atoms with Gasteiger partial charge < -0.3 is 20.5 Å². The maximum absolute atomic E-state index is 5.92. The summed E-state index contributed by atoms with van der Waals surface area (Å²) in [5, 5.41) is 5.58. The lowest BCUT2D eigenvalue weighted by Crippen LogP contribution is -2.27. The van der Waals surface area contributed by atoms with Crippen LogP contribution < -0.4 is 20.5 Å². The smallest absolute Gasteiger partial charge is 0.161 e.